The van der Waals surface area contributed by atoms with Crippen molar-refractivity contribution in [3.05, 3.63) is 41.6 Å². The summed E-state index contributed by atoms with van der Waals surface area (Å²) in [5.74, 6) is 0.453. The fraction of sp³-hybridized carbons (Fsp3) is 0.471. The van der Waals surface area contributed by atoms with Crippen molar-refractivity contribution in [1.29, 1.82) is 0 Å². The molecule has 4 nitrogen and oxygen atoms in total. The van der Waals surface area contributed by atoms with E-state index < -0.39 is 10.2 Å². The first-order chi connectivity index (χ1) is 10.3. The number of nitrogens with zero attached hydrogens (tertiary/aromatic N) is 2. The molecule has 1 aromatic rings. The van der Waals surface area contributed by atoms with E-state index in [2.05, 4.69) is 49.0 Å². The van der Waals surface area contributed by atoms with E-state index in [1.54, 1.807) is 6.21 Å². The van der Waals surface area contributed by atoms with E-state index in [9.17, 15) is 8.76 Å². The lowest BCUT2D eigenvalue weighted by Crippen LogP contribution is -2.23. The standard InChI is InChI=1S/C17H22N2O2S/c1-17(2)14-6-4-5-7-15(14)19(3)16(17)8-10-18-13-9-11-22(20,21)12-13/h4-8,10,13H,9,11-12H2,1-3H3. The lowest BCUT2D eigenvalue weighted by molar-refractivity contribution is 0.484. The number of fused-ring (bicyclic) bond motifs is 1. The SMILES string of the molecule is CN1C(=CC=NC2CC[S+](=O)([O-])C2)C(C)(C)c2ccccc21. The molecule has 1 aromatic carbocycles. The Balaban J connectivity index is 1.82. The average molecular weight is 318 g/mol. The van der Waals surface area contributed by atoms with Crippen molar-refractivity contribution in [2.75, 3.05) is 23.5 Å². The Morgan fingerprint density at radius 3 is 2.77 bits per heavy atom. The molecule has 0 aliphatic carbocycles. The number of sulfone groups is 1. The van der Waals surface area contributed by atoms with Crippen LogP contribution >= 0.6 is 0 Å². The molecular formula is C17H22N2O2S. The van der Waals surface area contributed by atoms with Crippen molar-refractivity contribution in [3.63, 3.8) is 0 Å². The number of rotatable bonds is 2. The molecule has 0 aromatic heterocycles. The third-order valence-electron chi connectivity index (χ3n) is 4.68. The van der Waals surface area contributed by atoms with Crippen LogP contribution in [-0.2, 0) is 19.8 Å². The molecule has 0 bridgehead atoms. The summed E-state index contributed by atoms with van der Waals surface area (Å²) in [6.07, 6.45) is 4.44. The van der Waals surface area contributed by atoms with Crippen molar-refractivity contribution in [2.24, 2.45) is 4.99 Å². The zero-order chi connectivity index (χ0) is 16.0. The molecule has 118 valence electrons. The van der Waals surface area contributed by atoms with Crippen LogP contribution < -0.4 is 4.90 Å². The highest BCUT2D eigenvalue weighted by Crippen LogP contribution is 2.46. The molecule has 1 fully saturated rings. The number of anilines is 1. The summed E-state index contributed by atoms with van der Waals surface area (Å²) in [5, 5.41) is 0. The van der Waals surface area contributed by atoms with Crippen molar-refractivity contribution in [2.45, 2.75) is 31.7 Å². The molecule has 2 aliphatic heterocycles. The zero-order valence-corrected chi connectivity index (χ0v) is 14.1. The summed E-state index contributed by atoms with van der Waals surface area (Å²) in [6.45, 7) is 4.41. The van der Waals surface area contributed by atoms with Gasteiger partial charge in [0.2, 0.25) is 0 Å². The number of benzene rings is 1. The summed E-state index contributed by atoms with van der Waals surface area (Å²) >= 11 is 0. The molecule has 0 N–H and O–H groups in total. The molecule has 22 heavy (non-hydrogen) atoms. The minimum Gasteiger partial charge on any atom is -0.615 e. The second-order valence-corrected chi connectivity index (χ2v) is 8.84. The Hall–Kier alpha value is -1.46. The summed E-state index contributed by atoms with van der Waals surface area (Å²) in [6, 6.07) is 8.31. The van der Waals surface area contributed by atoms with E-state index in [0.717, 1.165) is 0 Å². The predicted octanol–water partition coefficient (Wildman–Crippen LogP) is 2.77. The minimum absolute atomic E-state index is 0.0703. The topological polar surface area (TPSA) is 55.7 Å². The Kier molecular flexibility index (Phi) is 3.73. The Morgan fingerprint density at radius 2 is 2.14 bits per heavy atom. The van der Waals surface area contributed by atoms with Crippen LogP contribution in [0.15, 0.2) is 41.0 Å². The highest BCUT2D eigenvalue weighted by atomic mass is 32.3. The fourth-order valence-corrected chi connectivity index (χ4v) is 5.07. The van der Waals surface area contributed by atoms with Crippen LogP contribution in [0.4, 0.5) is 5.69 Å². The van der Waals surface area contributed by atoms with Gasteiger partial charge < -0.3 is 9.45 Å². The van der Waals surface area contributed by atoms with E-state index in [0.29, 0.717) is 6.42 Å². The predicted molar refractivity (Wildman–Crippen MR) is 91.4 cm³/mol. The molecule has 0 saturated carbocycles. The van der Waals surface area contributed by atoms with Crippen molar-refractivity contribution in [1.82, 2.24) is 0 Å². The van der Waals surface area contributed by atoms with Crippen LogP contribution in [0, 0.1) is 0 Å². The fourth-order valence-electron chi connectivity index (χ4n) is 3.43. The molecule has 0 amide bonds. The van der Waals surface area contributed by atoms with Gasteiger partial charge >= 0.3 is 0 Å². The van der Waals surface area contributed by atoms with Gasteiger partial charge in [-0.25, -0.2) is 0 Å². The van der Waals surface area contributed by atoms with Crippen LogP contribution in [0.2, 0.25) is 0 Å². The number of allylic oxidation sites excluding steroid dienone is 2. The van der Waals surface area contributed by atoms with Crippen molar-refractivity contribution in [3.8, 4) is 0 Å². The van der Waals surface area contributed by atoms with Gasteiger partial charge in [0.1, 0.15) is 11.5 Å². The minimum atomic E-state index is -2.87. The van der Waals surface area contributed by atoms with Crippen LogP contribution in [-0.4, -0.2) is 35.4 Å². The van der Waals surface area contributed by atoms with Gasteiger partial charge in [0.15, 0.2) is 0 Å². The highest BCUT2D eigenvalue weighted by molar-refractivity contribution is 7.97. The number of para-hydroxylation sites is 1. The maximum atomic E-state index is 11.5. The first-order valence-corrected chi connectivity index (χ1v) is 9.41. The summed E-state index contributed by atoms with van der Waals surface area (Å²) in [4.78, 5) is 6.63. The third-order valence-corrected chi connectivity index (χ3v) is 6.43. The Morgan fingerprint density at radius 1 is 1.41 bits per heavy atom. The van der Waals surface area contributed by atoms with Crippen molar-refractivity contribution >= 4 is 22.1 Å². The Labute approximate surface area is 133 Å². The second kappa shape index (κ2) is 5.32. The van der Waals surface area contributed by atoms with Crippen molar-refractivity contribution < 1.29 is 8.76 Å². The maximum Gasteiger partial charge on any atom is 0.131 e. The monoisotopic (exact) mass is 318 g/mol. The van der Waals surface area contributed by atoms with Gasteiger partial charge in [0.25, 0.3) is 0 Å². The molecule has 5 heteroatoms. The molecule has 1 saturated heterocycles. The summed E-state index contributed by atoms with van der Waals surface area (Å²) in [5.41, 5.74) is 3.63. The van der Waals surface area contributed by atoms with E-state index >= 15 is 0 Å². The van der Waals surface area contributed by atoms with E-state index in [1.807, 2.05) is 12.1 Å². The van der Waals surface area contributed by atoms with E-state index in [-0.39, 0.29) is 23.0 Å². The second-order valence-electron chi connectivity index (χ2n) is 6.61. The molecule has 2 unspecified atom stereocenters. The van der Waals surface area contributed by atoms with E-state index in [4.69, 9.17) is 0 Å². The summed E-state index contributed by atoms with van der Waals surface area (Å²) in [7, 11) is -0.804. The molecule has 0 spiro atoms. The molecule has 2 aliphatic rings. The zero-order valence-electron chi connectivity index (χ0n) is 13.3. The first-order valence-electron chi connectivity index (χ1n) is 7.59. The van der Waals surface area contributed by atoms with Gasteiger partial charge in [-0.15, -0.1) is 4.21 Å². The highest BCUT2D eigenvalue weighted by Gasteiger charge is 2.37. The van der Waals surface area contributed by atoms with Crippen LogP contribution in [0.1, 0.15) is 25.8 Å². The van der Waals surface area contributed by atoms with Gasteiger partial charge in [-0.1, -0.05) is 32.0 Å². The molecular weight excluding hydrogens is 296 g/mol. The normalized spacial score (nSPS) is 32.1. The number of likely N-dealkylation sites (N-methyl/N-ethyl adjacent to an activating group) is 1. The van der Waals surface area contributed by atoms with E-state index in [1.165, 1.54) is 16.9 Å². The lowest BCUT2D eigenvalue weighted by atomic mass is 9.84. The maximum absolute atomic E-state index is 11.5. The van der Waals surface area contributed by atoms with Crippen LogP contribution in [0.5, 0.6) is 0 Å². The molecule has 0 radical (unpaired) electrons. The largest absolute Gasteiger partial charge is 0.615 e. The Bertz CT molecular complexity index is 694. The number of aliphatic imine (C=N–C) groups is 1. The number of hydrogen-bond donors (Lipinski definition) is 0. The average Bonchev–Trinajstić information content (AvgIpc) is 2.90. The molecule has 3 rings (SSSR count). The molecule has 2 heterocycles. The summed E-state index contributed by atoms with van der Waals surface area (Å²) < 4.78 is 22.9. The third kappa shape index (κ3) is 2.63. The molecule has 2 atom stereocenters. The van der Waals surface area contributed by atoms with Gasteiger partial charge in [0.05, 0.1) is 6.04 Å². The van der Waals surface area contributed by atoms with Gasteiger partial charge in [-0.2, -0.15) is 0 Å². The van der Waals surface area contributed by atoms with Gasteiger partial charge in [-0.3, -0.25) is 4.99 Å². The number of hydrogen-bond acceptors (Lipinski definition) is 4. The van der Waals surface area contributed by atoms with Crippen LogP contribution in [0.25, 0.3) is 0 Å². The quantitative estimate of drug-likeness (QED) is 0.622. The lowest BCUT2D eigenvalue weighted by Gasteiger charge is -2.23. The van der Waals surface area contributed by atoms with Gasteiger partial charge in [0, 0.05) is 46.7 Å². The smallest absolute Gasteiger partial charge is 0.131 e. The first kappa shape index (κ1) is 15.4. The van der Waals surface area contributed by atoms with Crippen LogP contribution in [0.3, 0.4) is 0 Å². The van der Waals surface area contributed by atoms with Gasteiger partial charge in [-0.05, 0) is 17.7 Å².